The third-order valence-electron chi connectivity index (χ3n) is 5.81. The molecular formula is C20H24F3N3O3. The Bertz CT molecular complexity index is 815. The molecule has 0 aromatic heterocycles. The van der Waals surface area contributed by atoms with Crippen LogP contribution in [0.15, 0.2) is 24.3 Å². The first-order valence-electron chi connectivity index (χ1n) is 9.49. The van der Waals surface area contributed by atoms with Gasteiger partial charge in [-0.25, -0.2) is 0 Å². The Balaban J connectivity index is 1.88. The second kappa shape index (κ2) is 7.35. The monoisotopic (exact) mass is 411 g/mol. The molecule has 2 fully saturated rings. The molecule has 0 atom stereocenters. The lowest BCUT2D eigenvalue weighted by atomic mass is 9.64. The molecule has 0 radical (unpaired) electrons. The highest BCUT2D eigenvalue weighted by atomic mass is 19.4. The molecule has 1 aromatic rings. The fourth-order valence-corrected chi connectivity index (χ4v) is 4.10. The number of carbonyl (C=O) groups excluding carboxylic acids is 3. The van der Waals surface area contributed by atoms with Gasteiger partial charge in [-0.3, -0.25) is 14.4 Å². The molecule has 1 aliphatic heterocycles. The summed E-state index contributed by atoms with van der Waals surface area (Å²) in [5, 5.41) is 2.56. The normalized spacial score (nSPS) is 24.9. The van der Waals surface area contributed by atoms with Crippen molar-refractivity contribution in [2.45, 2.75) is 51.0 Å². The quantitative estimate of drug-likeness (QED) is 0.826. The van der Waals surface area contributed by atoms with Crippen LogP contribution >= 0.6 is 0 Å². The first-order chi connectivity index (χ1) is 13.5. The lowest BCUT2D eigenvalue weighted by Crippen LogP contribution is -2.74. The number of benzene rings is 1. The molecule has 29 heavy (non-hydrogen) atoms. The molecule has 3 rings (SSSR count). The van der Waals surface area contributed by atoms with Gasteiger partial charge in [0.2, 0.25) is 17.7 Å². The van der Waals surface area contributed by atoms with Crippen molar-refractivity contribution >= 4 is 17.7 Å². The number of hydrogen-bond donors (Lipinski definition) is 1. The van der Waals surface area contributed by atoms with Crippen LogP contribution in [0.1, 0.15) is 37.8 Å². The van der Waals surface area contributed by atoms with Crippen LogP contribution in [0.25, 0.3) is 0 Å². The molecule has 0 unspecified atom stereocenters. The molecule has 1 heterocycles. The van der Waals surface area contributed by atoms with E-state index in [1.807, 2.05) is 13.8 Å². The third-order valence-corrected chi connectivity index (χ3v) is 5.81. The zero-order chi connectivity index (χ0) is 21.6. The highest BCUT2D eigenvalue weighted by molar-refractivity contribution is 6.00. The average Bonchev–Trinajstić information content (AvgIpc) is 2.62. The fraction of sp³-hybridized carbons (Fsp3) is 0.550. The van der Waals surface area contributed by atoms with E-state index in [2.05, 4.69) is 5.32 Å². The number of amides is 3. The first-order valence-corrected chi connectivity index (χ1v) is 9.49. The molecule has 1 aromatic carbocycles. The number of alkyl halides is 3. The molecule has 1 aliphatic carbocycles. The van der Waals surface area contributed by atoms with Gasteiger partial charge in [0, 0.05) is 25.6 Å². The number of rotatable bonds is 4. The summed E-state index contributed by atoms with van der Waals surface area (Å²) in [6.45, 7) is 3.58. The highest BCUT2D eigenvalue weighted by Crippen LogP contribution is 2.47. The maximum absolute atomic E-state index is 13.2. The average molecular weight is 411 g/mol. The summed E-state index contributed by atoms with van der Waals surface area (Å²) < 4.78 is 38.4. The minimum atomic E-state index is -4.44. The molecule has 9 heteroatoms. The first kappa shape index (κ1) is 21.1. The van der Waals surface area contributed by atoms with E-state index in [0.717, 1.165) is 12.1 Å². The Kier molecular flexibility index (Phi) is 5.36. The van der Waals surface area contributed by atoms with Gasteiger partial charge in [-0.05, 0) is 44.4 Å². The van der Waals surface area contributed by atoms with Crippen molar-refractivity contribution in [1.82, 2.24) is 15.1 Å². The zero-order valence-corrected chi connectivity index (χ0v) is 16.5. The van der Waals surface area contributed by atoms with Crippen LogP contribution in [0.5, 0.6) is 0 Å². The van der Waals surface area contributed by atoms with Gasteiger partial charge in [-0.2, -0.15) is 13.2 Å². The number of nitrogens with one attached hydrogen (secondary N) is 1. The largest absolute Gasteiger partial charge is 0.416 e. The van der Waals surface area contributed by atoms with Crippen LogP contribution < -0.4 is 5.32 Å². The van der Waals surface area contributed by atoms with Crippen molar-refractivity contribution in [3.05, 3.63) is 35.4 Å². The summed E-state index contributed by atoms with van der Waals surface area (Å²) in [5.41, 5.74) is -1.40. The predicted molar refractivity (Wildman–Crippen MR) is 98.4 cm³/mol. The highest BCUT2D eigenvalue weighted by Gasteiger charge is 2.61. The van der Waals surface area contributed by atoms with E-state index in [1.165, 1.54) is 29.0 Å². The lowest BCUT2D eigenvalue weighted by molar-refractivity contribution is -0.180. The van der Waals surface area contributed by atoms with E-state index in [0.29, 0.717) is 5.56 Å². The summed E-state index contributed by atoms with van der Waals surface area (Å²) in [7, 11) is 1.52. The van der Waals surface area contributed by atoms with E-state index in [4.69, 9.17) is 0 Å². The number of piperazine rings is 1. The van der Waals surface area contributed by atoms with E-state index in [9.17, 15) is 27.6 Å². The smallest absolute Gasteiger partial charge is 0.359 e. The standard InChI is InChI=1S/C20H24F3N3O3/c1-12(2)25-11-16(27)26(10-13-4-6-15(7-5-13)20(21,22)23)19(18(25)29)8-14(9-19)17(28)24-3/h4-7,12,14H,8-11H2,1-3H3,(H,24,28). The van der Waals surface area contributed by atoms with E-state index < -0.39 is 17.3 Å². The van der Waals surface area contributed by atoms with Crippen LogP contribution in [-0.2, 0) is 27.1 Å². The number of hydrogen-bond acceptors (Lipinski definition) is 3. The minimum absolute atomic E-state index is 0.0229. The predicted octanol–water partition coefficient (Wildman–Crippen LogP) is 2.18. The maximum atomic E-state index is 13.2. The van der Waals surface area contributed by atoms with Crippen molar-refractivity contribution in [2.75, 3.05) is 13.6 Å². The number of nitrogens with zero attached hydrogens (tertiary/aromatic N) is 2. The third kappa shape index (κ3) is 3.70. The van der Waals surface area contributed by atoms with Crippen molar-refractivity contribution in [3.8, 4) is 0 Å². The fourth-order valence-electron chi connectivity index (χ4n) is 4.10. The summed E-state index contributed by atoms with van der Waals surface area (Å²) in [4.78, 5) is 41.0. The molecular weight excluding hydrogens is 387 g/mol. The van der Waals surface area contributed by atoms with Crippen molar-refractivity contribution in [1.29, 1.82) is 0 Å². The van der Waals surface area contributed by atoms with Crippen molar-refractivity contribution < 1.29 is 27.6 Å². The number of carbonyl (C=O) groups is 3. The minimum Gasteiger partial charge on any atom is -0.359 e. The molecule has 2 aliphatic rings. The van der Waals surface area contributed by atoms with Gasteiger partial charge in [-0.15, -0.1) is 0 Å². The Morgan fingerprint density at radius 1 is 1.21 bits per heavy atom. The lowest BCUT2D eigenvalue weighted by Gasteiger charge is -2.57. The topological polar surface area (TPSA) is 69.7 Å². The molecule has 1 saturated carbocycles. The molecule has 1 saturated heterocycles. The molecule has 6 nitrogen and oxygen atoms in total. The van der Waals surface area contributed by atoms with Gasteiger partial charge >= 0.3 is 6.18 Å². The molecule has 158 valence electrons. The summed E-state index contributed by atoms with van der Waals surface area (Å²) in [5.74, 6) is -1.04. The van der Waals surface area contributed by atoms with Crippen molar-refractivity contribution in [3.63, 3.8) is 0 Å². The van der Waals surface area contributed by atoms with E-state index >= 15 is 0 Å². The van der Waals surface area contributed by atoms with E-state index in [-0.39, 0.29) is 55.6 Å². The van der Waals surface area contributed by atoms with Crippen LogP contribution in [0.4, 0.5) is 13.2 Å². The molecule has 1 spiro atoms. The van der Waals surface area contributed by atoms with Crippen LogP contribution in [-0.4, -0.2) is 52.7 Å². The summed E-state index contributed by atoms with van der Waals surface area (Å²) in [6.07, 6.45) is -4.02. The molecule has 0 bridgehead atoms. The second-order valence-corrected chi connectivity index (χ2v) is 7.95. The second-order valence-electron chi connectivity index (χ2n) is 7.95. The van der Waals surface area contributed by atoms with Gasteiger partial charge in [0.25, 0.3) is 0 Å². The van der Waals surface area contributed by atoms with Gasteiger partial charge in [-0.1, -0.05) is 12.1 Å². The Morgan fingerprint density at radius 3 is 2.28 bits per heavy atom. The molecule has 3 amide bonds. The van der Waals surface area contributed by atoms with Crippen LogP contribution in [0.2, 0.25) is 0 Å². The summed E-state index contributed by atoms with van der Waals surface area (Å²) >= 11 is 0. The maximum Gasteiger partial charge on any atom is 0.416 e. The van der Waals surface area contributed by atoms with Gasteiger partial charge < -0.3 is 15.1 Å². The summed E-state index contributed by atoms with van der Waals surface area (Å²) in [6, 6.07) is 4.39. The Morgan fingerprint density at radius 2 is 1.79 bits per heavy atom. The van der Waals surface area contributed by atoms with Crippen LogP contribution in [0, 0.1) is 5.92 Å². The zero-order valence-electron chi connectivity index (χ0n) is 16.5. The van der Waals surface area contributed by atoms with Crippen molar-refractivity contribution in [2.24, 2.45) is 5.92 Å². The number of halogens is 3. The Labute approximate surface area is 167 Å². The van der Waals surface area contributed by atoms with E-state index in [1.54, 1.807) is 0 Å². The van der Waals surface area contributed by atoms with Gasteiger partial charge in [0.05, 0.1) is 5.56 Å². The SMILES string of the molecule is CNC(=O)C1CC2(C1)C(=O)N(C(C)C)CC(=O)N2Cc1ccc(C(F)(F)F)cc1. The van der Waals surface area contributed by atoms with Gasteiger partial charge in [0.1, 0.15) is 12.1 Å². The van der Waals surface area contributed by atoms with Gasteiger partial charge in [0.15, 0.2) is 0 Å². The van der Waals surface area contributed by atoms with Crippen LogP contribution in [0.3, 0.4) is 0 Å². The molecule has 1 N–H and O–H groups in total. The Hall–Kier alpha value is -2.58.